The van der Waals surface area contributed by atoms with E-state index in [0.717, 1.165) is 66.6 Å². The number of piperidine rings is 2. The van der Waals surface area contributed by atoms with E-state index >= 15 is 0 Å². The molecule has 1 amide bonds. The summed E-state index contributed by atoms with van der Waals surface area (Å²) in [6.07, 6.45) is 3.50. The van der Waals surface area contributed by atoms with E-state index in [1.165, 1.54) is 44.5 Å². The molecule has 256 valence electrons. The number of amides is 1. The fraction of sp³-hybridized carbons (Fsp3) is 0.421. The van der Waals surface area contributed by atoms with E-state index in [-0.39, 0.29) is 11.9 Å². The van der Waals surface area contributed by atoms with E-state index in [1.54, 1.807) is 11.8 Å². The van der Waals surface area contributed by atoms with Crippen LogP contribution in [-0.4, -0.2) is 71.4 Å². The molecule has 4 aromatic rings. The lowest BCUT2D eigenvalue weighted by molar-refractivity contribution is -0.137. The molecule has 2 saturated heterocycles. The number of nitrogens with zero attached hydrogens (tertiary/aromatic N) is 3. The van der Waals surface area contributed by atoms with Crippen LogP contribution >= 0.6 is 11.8 Å². The molecule has 0 radical (unpaired) electrons. The van der Waals surface area contributed by atoms with Crippen molar-refractivity contribution >= 4 is 28.6 Å². The molecule has 10 heteroatoms. The monoisotopic (exact) mass is 678 g/mol. The van der Waals surface area contributed by atoms with Crippen molar-refractivity contribution in [2.75, 3.05) is 39.5 Å². The molecule has 2 N–H and O–H groups in total. The maximum Gasteiger partial charge on any atom is 0.416 e. The van der Waals surface area contributed by atoms with Gasteiger partial charge < -0.3 is 15.3 Å². The van der Waals surface area contributed by atoms with Crippen molar-refractivity contribution < 1.29 is 23.1 Å². The molecule has 0 spiro atoms. The van der Waals surface area contributed by atoms with Crippen molar-refractivity contribution in [1.82, 2.24) is 20.1 Å². The van der Waals surface area contributed by atoms with Gasteiger partial charge in [-0.1, -0.05) is 48.9 Å². The molecule has 48 heavy (non-hydrogen) atoms. The summed E-state index contributed by atoms with van der Waals surface area (Å²) in [5.41, 5.74) is 3.32. The van der Waals surface area contributed by atoms with E-state index in [2.05, 4.69) is 15.1 Å². The molecule has 3 aromatic carbocycles. The maximum absolute atomic E-state index is 14.4. The number of aromatic nitrogens is 1. The molecular weight excluding hydrogens is 634 g/mol. The third-order valence-electron chi connectivity index (χ3n) is 9.50. The molecule has 2 aliphatic heterocycles. The van der Waals surface area contributed by atoms with Crippen LogP contribution in [0.4, 0.5) is 13.2 Å². The third kappa shape index (κ3) is 8.40. The number of carbonyl (C=O) groups is 1. The van der Waals surface area contributed by atoms with Crippen molar-refractivity contribution in [3.8, 4) is 11.3 Å². The number of halogens is 3. The Morgan fingerprint density at radius 1 is 0.958 bits per heavy atom. The summed E-state index contributed by atoms with van der Waals surface area (Å²) < 4.78 is 40.5. The zero-order valence-electron chi connectivity index (χ0n) is 27.9. The normalized spacial score (nSPS) is 17.1. The van der Waals surface area contributed by atoms with Gasteiger partial charge in [0.05, 0.1) is 28.4 Å². The molecule has 0 unspecified atom stereocenters. The van der Waals surface area contributed by atoms with Crippen LogP contribution in [0, 0.1) is 0 Å². The first-order chi connectivity index (χ1) is 23.2. The number of alkyl halides is 3. The van der Waals surface area contributed by atoms with Gasteiger partial charge in [0.25, 0.3) is 5.91 Å². The number of carbonyl (C=O) groups excluding carboxylic acids is 1. The van der Waals surface area contributed by atoms with Gasteiger partial charge in [0.2, 0.25) is 0 Å². The summed E-state index contributed by atoms with van der Waals surface area (Å²) >= 11 is 1.59. The molecule has 2 aliphatic rings. The Morgan fingerprint density at radius 3 is 2.25 bits per heavy atom. The Labute approximate surface area is 285 Å². The van der Waals surface area contributed by atoms with Crippen LogP contribution in [0.5, 0.6) is 0 Å². The largest absolute Gasteiger partial charge is 0.416 e. The van der Waals surface area contributed by atoms with Crippen LogP contribution in [-0.2, 0) is 12.7 Å². The molecule has 0 saturated carbocycles. The van der Waals surface area contributed by atoms with Crippen LogP contribution in [0.25, 0.3) is 22.2 Å². The van der Waals surface area contributed by atoms with Crippen molar-refractivity contribution in [2.24, 2.45) is 0 Å². The highest BCUT2D eigenvalue weighted by molar-refractivity contribution is 7.98. The Balaban J connectivity index is 0.00000221. The van der Waals surface area contributed by atoms with Crippen molar-refractivity contribution in [3.05, 3.63) is 95.1 Å². The molecule has 0 aliphatic carbocycles. The van der Waals surface area contributed by atoms with Crippen molar-refractivity contribution in [2.45, 2.75) is 68.7 Å². The number of aliphatic hydroxyl groups is 1. The van der Waals surface area contributed by atoms with Gasteiger partial charge in [-0.15, -0.1) is 11.8 Å². The summed E-state index contributed by atoms with van der Waals surface area (Å²) in [6.45, 7) is 6.55. The zero-order chi connectivity index (χ0) is 34.3. The van der Waals surface area contributed by atoms with Crippen LogP contribution in [0.15, 0.2) is 77.7 Å². The minimum absolute atomic E-state index is 0.214. The summed E-state index contributed by atoms with van der Waals surface area (Å²) in [5, 5.41) is 11.0. The maximum atomic E-state index is 14.4. The smallest absolute Gasteiger partial charge is 0.400 e. The van der Waals surface area contributed by atoms with Crippen molar-refractivity contribution in [1.29, 1.82) is 0 Å². The molecule has 1 atom stereocenters. The molecule has 6 rings (SSSR count). The van der Waals surface area contributed by atoms with E-state index in [4.69, 9.17) is 10.1 Å². The molecule has 3 heterocycles. The van der Waals surface area contributed by atoms with Gasteiger partial charge >= 0.3 is 6.18 Å². The minimum Gasteiger partial charge on any atom is -0.400 e. The second kappa shape index (κ2) is 16.3. The second-order valence-electron chi connectivity index (χ2n) is 12.5. The highest BCUT2D eigenvalue weighted by Crippen LogP contribution is 2.36. The Bertz CT molecular complexity index is 1650. The lowest BCUT2D eigenvalue weighted by Crippen LogP contribution is -2.46. The average molecular weight is 679 g/mol. The lowest BCUT2D eigenvalue weighted by atomic mass is 9.93. The Kier molecular flexibility index (Phi) is 12.2. The van der Waals surface area contributed by atoms with Crippen LogP contribution in [0.1, 0.15) is 72.1 Å². The molecule has 2 fully saturated rings. The topological polar surface area (TPSA) is 68.7 Å². The minimum atomic E-state index is -4.44. The average Bonchev–Trinajstić information content (AvgIpc) is 3.12. The first kappa shape index (κ1) is 35.9. The summed E-state index contributed by atoms with van der Waals surface area (Å²) in [6, 6.07) is 21.2. The van der Waals surface area contributed by atoms with Gasteiger partial charge in [0.15, 0.2) is 0 Å². The highest BCUT2D eigenvalue weighted by Gasteiger charge is 2.32. The Hall–Kier alpha value is -3.44. The van der Waals surface area contributed by atoms with E-state index in [9.17, 15) is 18.0 Å². The van der Waals surface area contributed by atoms with Crippen molar-refractivity contribution in [3.63, 3.8) is 0 Å². The fourth-order valence-electron chi connectivity index (χ4n) is 6.92. The molecule has 6 nitrogen and oxygen atoms in total. The SMILES string of the molecule is CO.CSc1ccc2nc(-c3ccc(C(F)(F)F)cc3)c(CN3CCC(N4CCCCC4)CC3)c(C(=O)N[C@@H](C)c3ccccc3)c2c1. The van der Waals surface area contributed by atoms with Gasteiger partial charge in [-0.2, -0.15) is 13.2 Å². The highest BCUT2D eigenvalue weighted by atomic mass is 32.2. The summed E-state index contributed by atoms with van der Waals surface area (Å²) in [5.74, 6) is -0.214. The number of aliphatic hydroxyl groups excluding tert-OH is 1. The quantitative estimate of drug-likeness (QED) is 0.183. The third-order valence-corrected chi connectivity index (χ3v) is 10.2. The number of rotatable bonds is 8. The predicted octanol–water partition coefficient (Wildman–Crippen LogP) is 8.19. The zero-order valence-corrected chi connectivity index (χ0v) is 28.7. The van der Waals surface area contributed by atoms with Crippen LogP contribution in [0.3, 0.4) is 0 Å². The predicted molar refractivity (Wildman–Crippen MR) is 188 cm³/mol. The first-order valence-electron chi connectivity index (χ1n) is 16.7. The summed E-state index contributed by atoms with van der Waals surface area (Å²) in [7, 11) is 1.00. The lowest BCUT2D eigenvalue weighted by Gasteiger charge is -2.40. The second-order valence-corrected chi connectivity index (χ2v) is 13.4. The number of nitrogens with one attached hydrogen (secondary N) is 1. The number of pyridine rings is 1. The number of thioether (sulfide) groups is 1. The summed E-state index contributed by atoms with van der Waals surface area (Å²) in [4.78, 5) is 25.5. The standard InChI is InChI=1S/C37H41F3N4OS.CH4O/c1-25(26-9-5-3-6-10-26)41-36(45)34-31-23-30(46-2)15-16-33(31)42-35(27-11-13-28(14-12-27)37(38,39)40)32(34)24-43-21-17-29(18-22-43)44-19-7-4-8-20-44;1-2/h3,5-6,9-16,23,25,29H,4,7-8,17-22,24H2,1-2H3,(H,41,45);2H,1H3/t25-;/m0./s1. The van der Waals surface area contributed by atoms with Crippen LogP contribution in [0.2, 0.25) is 0 Å². The van der Waals surface area contributed by atoms with Gasteiger partial charge in [-0.05, 0) is 101 Å². The van der Waals surface area contributed by atoms with Gasteiger partial charge in [0, 0.05) is 41.1 Å². The van der Waals surface area contributed by atoms with E-state index in [1.807, 2.05) is 61.7 Å². The van der Waals surface area contributed by atoms with Gasteiger partial charge in [-0.3, -0.25) is 9.69 Å². The number of hydrogen-bond acceptors (Lipinski definition) is 6. The number of likely N-dealkylation sites (tertiary alicyclic amines) is 2. The number of fused-ring (bicyclic) bond motifs is 1. The van der Waals surface area contributed by atoms with Crippen LogP contribution < -0.4 is 5.32 Å². The first-order valence-corrected chi connectivity index (χ1v) is 17.9. The van der Waals surface area contributed by atoms with E-state index < -0.39 is 11.7 Å². The fourth-order valence-corrected chi connectivity index (χ4v) is 7.36. The Morgan fingerprint density at radius 2 is 1.62 bits per heavy atom. The number of hydrogen-bond donors (Lipinski definition) is 2. The van der Waals surface area contributed by atoms with E-state index in [0.29, 0.717) is 34.9 Å². The molecule has 0 bridgehead atoms. The number of benzene rings is 3. The molecular formula is C38H45F3N4O2S. The van der Waals surface area contributed by atoms with Gasteiger partial charge in [0.1, 0.15) is 0 Å². The van der Waals surface area contributed by atoms with Gasteiger partial charge in [-0.25, -0.2) is 4.98 Å². The molecule has 1 aromatic heterocycles.